The normalized spacial score (nSPS) is 22.0. The van der Waals surface area contributed by atoms with E-state index in [1.165, 1.54) is 5.56 Å². The topological polar surface area (TPSA) is 107 Å². The van der Waals surface area contributed by atoms with Gasteiger partial charge in [0.1, 0.15) is 11.9 Å². The monoisotopic (exact) mass is 515 g/mol. The molecule has 0 radical (unpaired) electrons. The molecule has 3 aliphatic rings. The van der Waals surface area contributed by atoms with Crippen LogP contribution in [0.1, 0.15) is 76.5 Å². The number of fused-ring (bicyclic) bond motifs is 1. The van der Waals surface area contributed by atoms with Crippen LogP contribution in [0, 0.1) is 0 Å². The van der Waals surface area contributed by atoms with Crippen LogP contribution in [0.25, 0.3) is 0 Å². The lowest BCUT2D eigenvalue weighted by atomic mass is 10.1. The van der Waals surface area contributed by atoms with Crippen molar-refractivity contribution in [3.63, 3.8) is 0 Å². The number of rotatable bonds is 14. The number of ether oxygens (including phenoxy) is 1. The summed E-state index contributed by atoms with van der Waals surface area (Å²) in [7, 11) is 0. The van der Waals surface area contributed by atoms with Gasteiger partial charge in [-0.3, -0.25) is 0 Å². The van der Waals surface area contributed by atoms with Crippen molar-refractivity contribution in [3.05, 3.63) is 23.4 Å². The molecule has 1 aliphatic carbocycles. The van der Waals surface area contributed by atoms with E-state index in [0.29, 0.717) is 25.7 Å². The zero-order valence-corrected chi connectivity index (χ0v) is 22.6. The Morgan fingerprint density at radius 1 is 1.16 bits per heavy atom. The van der Waals surface area contributed by atoms with Gasteiger partial charge in [0.25, 0.3) is 0 Å². The Morgan fingerprint density at radius 2 is 1.95 bits per heavy atom. The molecule has 3 heterocycles. The lowest BCUT2D eigenvalue weighted by molar-refractivity contribution is -0.139. The van der Waals surface area contributed by atoms with Gasteiger partial charge in [0.05, 0.1) is 12.7 Å². The summed E-state index contributed by atoms with van der Waals surface area (Å²) < 4.78 is 5.87. The Bertz CT molecular complexity index is 899. The number of aryl methyl sites for hydroxylation is 2. The summed E-state index contributed by atoms with van der Waals surface area (Å²) in [6, 6.07) is 3.47. The molecular formula is C28H45N5O4. The first-order chi connectivity index (χ1) is 17.9. The number of amides is 2. The Hall–Kier alpha value is -2.39. The molecule has 4 rings (SSSR count). The van der Waals surface area contributed by atoms with Crippen LogP contribution in [0.4, 0.5) is 10.6 Å². The predicted octanol–water partition coefficient (Wildman–Crippen LogP) is 3.67. The second-order valence-electron chi connectivity index (χ2n) is 11.0. The number of carbonyl (C=O) groups excluding carboxylic acids is 1. The fourth-order valence-corrected chi connectivity index (χ4v) is 5.46. The largest absolute Gasteiger partial charge is 0.480 e. The molecule has 37 heavy (non-hydrogen) atoms. The third-order valence-electron chi connectivity index (χ3n) is 7.91. The van der Waals surface area contributed by atoms with E-state index in [4.69, 9.17) is 9.72 Å². The number of nitrogens with one attached hydrogen (secondary N) is 2. The number of carboxylic acids is 1. The van der Waals surface area contributed by atoms with Gasteiger partial charge in [-0.05, 0) is 96.2 Å². The van der Waals surface area contributed by atoms with Crippen LogP contribution in [-0.2, 0) is 22.4 Å². The number of likely N-dealkylation sites (tertiary alicyclic amines) is 1. The molecule has 1 saturated heterocycles. The Labute approximate surface area is 221 Å². The fourth-order valence-electron chi connectivity index (χ4n) is 5.46. The van der Waals surface area contributed by atoms with E-state index < -0.39 is 12.0 Å². The van der Waals surface area contributed by atoms with Crippen LogP contribution in [0.2, 0.25) is 0 Å². The highest BCUT2D eigenvalue weighted by atomic mass is 16.5. The number of nitrogens with zero attached hydrogens (tertiary/aromatic N) is 3. The number of unbranched alkanes of at least 4 members (excludes halogenated alkanes) is 1. The molecule has 2 fully saturated rings. The maximum Gasteiger partial charge on any atom is 0.326 e. The zero-order valence-electron chi connectivity index (χ0n) is 22.6. The first-order valence-corrected chi connectivity index (χ1v) is 14.3. The average molecular weight is 516 g/mol. The van der Waals surface area contributed by atoms with Gasteiger partial charge in [0.2, 0.25) is 0 Å². The van der Waals surface area contributed by atoms with Crippen LogP contribution in [0.15, 0.2) is 12.1 Å². The van der Waals surface area contributed by atoms with Crippen molar-refractivity contribution in [2.24, 2.45) is 0 Å². The number of urea groups is 1. The zero-order chi connectivity index (χ0) is 26.2. The van der Waals surface area contributed by atoms with Gasteiger partial charge in [-0.1, -0.05) is 6.07 Å². The number of hydrogen-bond donors (Lipinski definition) is 3. The minimum atomic E-state index is -0.978. The van der Waals surface area contributed by atoms with Gasteiger partial charge in [-0.15, -0.1) is 0 Å². The number of carbonyl (C=O) groups is 2. The first-order valence-electron chi connectivity index (χ1n) is 14.3. The van der Waals surface area contributed by atoms with E-state index in [9.17, 15) is 14.7 Å². The molecule has 1 aromatic rings. The molecule has 1 aromatic heterocycles. The number of pyridine rings is 1. The van der Waals surface area contributed by atoms with Gasteiger partial charge in [-0.2, -0.15) is 0 Å². The number of hydrogen-bond acceptors (Lipinski definition) is 6. The van der Waals surface area contributed by atoms with E-state index in [-0.39, 0.29) is 18.1 Å². The minimum Gasteiger partial charge on any atom is -0.480 e. The molecule has 3 N–H and O–H groups in total. The maximum absolute atomic E-state index is 12.8. The lowest BCUT2D eigenvalue weighted by Crippen LogP contribution is -2.51. The quantitative estimate of drug-likeness (QED) is 0.325. The van der Waals surface area contributed by atoms with Crippen molar-refractivity contribution in [1.82, 2.24) is 20.1 Å². The van der Waals surface area contributed by atoms with Crippen molar-refractivity contribution in [3.8, 4) is 0 Å². The van der Waals surface area contributed by atoms with Crippen LogP contribution < -0.4 is 10.6 Å². The number of anilines is 1. The molecule has 0 unspecified atom stereocenters. The van der Waals surface area contributed by atoms with E-state index in [0.717, 1.165) is 88.9 Å². The van der Waals surface area contributed by atoms with E-state index >= 15 is 0 Å². The molecular weight excluding hydrogens is 470 g/mol. The smallest absolute Gasteiger partial charge is 0.326 e. The second kappa shape index (κ2) is 13.4. The van der Waals surface area contributed by atoms with Crippen molar-refractivity contribution < 1.29 is 19.4 Å². The van der Waals surface area contributed by atoms with Gasteiger partial charge < -0.3 is 30.3 Å². The van der Waals surface area contributed by atoms with Gasteiger partial charge in [-0.25, -0.2) is 14.6 Å². The third kappa shape index (κ3) is 8.30. The van der Waals surface area contributed by atoms with E-state index in [1.54, 1.807) is 4.90 Å². The first kappa shape index (κ1) is 27.6. The second-order valence-corrected chi connectivity index (χ2v) is 11.0. The SMILES string of the molecule is C[C@@H]1CC[C@@H](C)N1C(=O)N[C@@H](CCN(CCCCc1ccc2c(n1)NCCC2)CCOC1CC1)C(=O)O. The number of carboxylic acid groups (broad SMARTS) is 1. The summed E-state index contributed by atoms with van der Waals surface area (Å²) in [6.07, 6.45) is 10.2. The van der Waals surface area contributed by atoms with Crippen LogP contribution in [0.5, 0.6) is 0 Å². The summed E-state index contributed by atoms with van der Waals surface area (Å²) >= 11 is 0. The van der Waals surface area contributed by atoms with Crippen molar-refractivity contribution in [2.45, 2.75) is 102 Å². The molecule has 9 nitrogen and oxygen atoms in total. The molecule has 206 valence electrons. The van der Waals surface area contributed by atoms with Crippen molar-refractivity contribution >= 4 is 17.8 Å². The van der Waals surface area contributed by atoms with Crippen LogP contribution in [0.3, 0.4) is 0 Å². The summed E-state index contributed by atoms with van der Waals surface area (Å²) in [4.78, 5) is 33.7. The molecule has 0 aromatic carbocycles. The third-order valence-corrected chi connectivity index (χ3v) is 7.91. The van der Waals surface area contributed by atoms with Crippen molar-refractivity contribution in [1.29, 1.82) is 0 Å². The van der Waals surface area contributed by atoms with E-state index in [1.807, 2.05) is 13.8 Å². The van der Waals surface area contributed by atoms with E-state index in [2.05, 4.69) is 27.7 Å². The Kier molecular flexibility index (Phi) is 10.0. The highest BCUT2D eigenvalue weighted by Gasteiger charge is 2.33. The van der Waals surface area contributed by atoms with Gasteiger partial charge >= 0.3 is 12.0 Å². The maximum atomic E-state index is 12.8. The molecule has 1 saturated carbocycles. The van der Waals surface area contributed by atoms with Crippen LogP contribution in [-0.4, -0.2) is 88.9 Å². The highest BCUT2D eigenvalue weighted by Crippen LogP contribution is 2.24. The molecule has 9 heteroatoms. The highest BCUT2D eigenvalue weighted by molar-refractivity contribution is 5.83. The molecule has 3 atom stereocenters. The molecule has 2 amide bonds. The molecule has 0 bridgehead atoms. The van der Waals surface area contributed by atoms with Crippen molar-refractivity contribution in [2.75, 3.05) is 38.1 Å². The predicted molar refractivity (Wildman–Crippen MR) is 144 cm³/mol. The number of aromatic nitrogens is 1. The van der Waals surface area contributed by atoms with Gasteiger partial charge in [0.15, 0.2) is 0 Å². The lowest BCUT2D eigenvalue weighted by Gasteiger charge is -2.29. The molecule has 2 aliphatic heterocycles. The Balaban J connectivity index is 1.24. The Morgan fingerprint density at radius 3 is 2.68 bits per heavy atom. The average Bonchev–Trinajstić information content (AvgIpc) is 3.65. The summed E-state index contributed by atoms with van der Waals surface area (Å²) in [5, 5.41) is 16.0. The minimum absolute atomic E-state index is 0.140. The molecule has 0 spiro atoms. The number of aliphatic carboxylic acids is 1. The summed E-state index contributed by atoms with van der Waals surface area (Å²) in [5.74, 6) is 0.0659. The van der Waals surface area contributed by atoms with Crippen LogP contribution >= 0.6 is 0 Å². The standard InChI is InChI=1S/C28H45N5O4/c1-20-8-9-21(2)33(20)28(36)31-25(27(34)35)14-17-32(18-19-37-24-12-13-24)16-4-3-7-23-11-10-22-6-5-15-29-26(22)30-23/h10-11,20-21,24-25H,3-9,12-19H2,1-2H3,(H,29,30)(H,31,36)(H,34,35)/t20-,21-,25+/m1/s1. The summed E-state index contributed by atoms with van der Waals surface area (Å²) in [6.45, 7) is 7.96. The summed E-state index contributed by atoms with van der Waals surface area (Å²) in [5.41, 5.74) is 2.43. The fraction of sp³-hybridized carbons (Fsp3) is 0.750. The van der Waals surface area contributed by atoms with Gasteiger partial charge in [0, 0.05) is 37.4 Å².